The average Bonchev–Trinajstić information content (AvgIpc) is 3.34. The molecule has 2 aromatic heterocycles. The van der Waals surface area contributed by atoms with Gasteiger partial charge in [-0.3, -0.25) is 4.79 Å². The highest BCUT2D eigenvalue weighted by molar-refractivity contribution is 8.00. The van der Waals surface area contributed by atoms with Crippen LogP contribution in [0.3, 0.4) is 0 Å². The van der Waals surface area contributed by atoms with E-state index >= 15 is 0 Å². The van der Waals surface area contributed by atoms with Crippen molar-refractivity contribution >= 4 is 29.0 Å². The second kappa shape index (κ2) is 8.95. The molecule has 0 saturated carbocycles. The van der Waals surface area contributed by atoms with E-state index in [1.165, 1.54) is 36.7 Å². The third-order valence-electron chi connectivity index (χ3n) is 5.44. The highest BCUT2D eigenvalue weighted by Crippen LogP contribution is 2.28. The third-order valence-corrected chi connectivity index (χ3v) is 6.58. The molecule has 158 valence electrons. The van der Waals surface area contributed by atoms with E-state index in [1.807, 2.05) is 43.7 Å². The number of anilines is 2. The van der Waals surface area contributed by atoms with Gasteiger partial charge in [0.05, 0.1) is 17.1 Å². The molecule has 1 amide bonds. The second-order valence-electron chi connectivity index (χ2n) is 7.60. The molecule has 1 aromatic carbocycles. The molecule has 1 aliphatic heterocycles. The second-order valence-corrected chi connectivity index (χ2v) is 8.91. The SMILES string of the molecule is Cc1occc1-c1nnc(S[C@@H](C)C(=O)Nc2ccc(N3CCCCC3)cc2)n1C. The van der Waals surface area contributed by atoms with E-state index in [0.717, 1.165) is 35.9 Å². The summed E-state index contributed by atoms with van der Waals surface area (Å²) in [6.45, 7) is 5.98. The van der Waals surface area contributed by atoms with Gasteiger partial charge in [-0.05, 0) is 63.4 Å². The summed E-state index contributed by atoms with van der Waals surface area (Å²) >= 11 is 1.39. The van der Waals surface area contributed by atoms with Crippen molar-refractivity contribution < 1.29 is 9.21 Å². The van der Waals surface area contributed by atoms with Crippen LogP contribution in [0.5, 0.6) is 0 Å². The molecule has 8 heteroatoms. The number of benzene rings is 1. The lowest BCUT2D eigenvalue weighted by Gasteiger charge is -2.28. The fraction of sp³-hybridized carbons (Fsp3) is 0.409. The first-order valence-corrected chi connectivity index (χ1v) is 11.2. The molecule has 4 rings (SSSR count). The summed E-state index contributed by atoms with van der Waals surface area (Å²) in [7, 11) is 1.90. The highest BCUT2D eigenvalue weighted by Gasteiger charge is 2.21. The van der Waals surface area contributed by atoms with Crippen LogP contribution in [0.4, 0.5) is 11.4 Å². The maximum Gasteiger partial charge on any atom is 0.237 e. The molecular weight excluding hydrogens is 398 g/mol. The van der Waals surface area contributed by atoms with Crippen molar-refractivity contribution in [2.75, 3.05) is 23.3 Å². The van der Waals surface area contributed by atoms with E-state index in [9.17, 15) is 4.79 Å². The number of hydrogen-bond donors (Lipinski definition) is 1. The topological polar surface area (TPSA) is 76.2 Å². The van der Waals surface area contributed by atoms with Crippen molar-refractivity contribution in [3.63, 3.8) is 0 Å². The molecule has 7 nitrogen and oxygen atoms in total. The van der Waals surface area contributed by atoms with Crippen molar-refractivity contribution in [2.24, 2.45) is 7.05 Å². The van der Waals surface area contributed by atoms with E-state index < -0.39 is 0 Å². The minimum atomic E-state index is -0.312. The first kappa shape index (κ1) is 20.5. The van der Waals surface area contributed by atoms with Gasteiger partial charge in [-0.25, -0.2) is 0 Å². The number of piperidine rings is 1. The smallest absolute Gasteiger partial charge is 0.237 e. The largest absolute Gasteiger partial charge is 0.469 e. The van der Waals surface area contributed by atoms with Gasteiger partial charge in [-0.1, -0.05) is 11.8 Å². The van der Waals surface area contributed by atoms with Crippen molar-refractivity contribution in [3.05, 3.63) is 42.4 Å². The summed E-state index contributed by atoms with van der Waals surface area (Å²) in [6, 6.07) is 9.99. The summed E-state index contributed by atoms with van der Waals surface area (Å²) in [5, 5.41) is 11.9. The number of amides is 1. The molecule has 1 aliphatic rings. The fourth-order valence-corrected chi connectivity index (χ4v) is 4.45. The maximum absolute atomic E-state index is 12.7. The molecule has 30 heavy (non-hydrogen) atoms. The predicted octanol–water partition coefficient (Wildman–Crippen LogP) is 4.49. The molecule has 1 N–H and O–H groups in total. The molecular formula is C22H27N5O2S. The molecule has 0 unspecified atom stereocenters. The lowest BCUT2D eigenvalue weighted by Crippen LogP contribution is -2.29. The van der Waals surface area contributed by atoms with Crippen LogP contribution in [-0.2, 0) is 11.8 Å². The summed E-state index contributed by atoms with van der Waals surface area (Å²) < 4.78 is 7.25. The van der Waals surface area contributed by atoms with Gasteiger partial charge in [-0.15, -0.1) is 10.2 Å². The summed E-state index contributed by atoms with van der Waals surface area (Å²) in [5.74, 6) is 1.46. The molecule has 3 heterocycles. The molecule has 0 aliphatic carbocycles. The highest BCUT2D eigenvalue weighted by atomic mass is 32.2. The van der Waals surface area contributed by atoms with Crippen molar-refractivity contribution in [2.45, 2.75) is 43.5 Å². The number of carbonyl (C=O) groups is 1. The standard InChI is InChI=1S/C22H27N5O2S/c1-15-19(11-14-29-15)20-24-25-22(26(20)3)30-16(2)21(28)23-17-7-9-18(10-8-17)27-12-5-4-6-13-27/h7-11,14,16H,4-6,12-13H2,1-3H3,(H,23,28)/t16-/m0/s1. The maximum atomic E-state index is 12.7. The minimum absolute atomic E-state index is 0.0604. The van der Waals surface area contributed by atoms with Crippen LogP contribution >= 0.6 is 11.8 Å². The lowest BCUT2D eigenvalue weighted by atomic mass is 10.1. The Hall–Kier alpha value is -2.74. The number of aromatic nitrogens is 3. The van der Waals surface area contributed by atoms with Gasteiger partial charge < -0.3 is 19.2 Å². The van der Waals surface area contributed by atoms with E-state index in [2.05, 4.69) is 32.5 Å². The Bertz CT molecular complexity index is 1000. The molecule has 1 saturated heterocycles. The average molecular weight is 426 g/mol. The molecule has 0 radical (unpaired) electrons. The van der Waals surface area contributed by atoms with E-state index in [0.29, 0.717) is 5.16 Å². The van der Waals surface area contributed by atoms with E-state index in [1.54, 1.807) is 6.26 Å². The number of thioether (sulfide) groups is 1. The van der Waals surface area contributed by atoms with Gasteiger partial charge in [-0.2, -0.15) is 0 Å². The van der Waals surface area contributed by atoms with Crippen LogP contribution in [0.2, 0.25) is 0 Å². The molecule has 3 aromatic rings. The quantitative estimate of drug-likeness (QED) is 0.586. The summed E-state index contributed by atoms with van der Waals surface area (Å²) in [4.78, 5) is 15.1. The zero-order valence-electron chi connectivity index (χ0n) is 17.6. The monoisotopic (exact) mass is 425 g/mol. The third kappa shape index (κ3) is 4.38. The van der Waals surface area contributed by atoms with Crippen LogP contribution in [0.25, 0.3) is 11.4 Å². The zero-order valence-corrected chi connectivity index (χ0v) is 18.4. The van der Waals surface area contributed by atoms with Crippen molar-refractivity contribution in [3.8, 4) is 11.4 Å². The predicted molar refractivity (Wildman–Crippen MR) is 120 cm³/mol. The number of aryl methyl sites for hydroxylation is 1. The Morgan fingerprint density at radius 2 is 1.87 bits per heavy atom. The first-order valence-electron chi connectivity index (χ1n) is 10.3. The van der Waals surface area contributed by atoms with Crippen LogP contribution in [0.15, 0.2) is 46.2 Å². The normalized spacial score (nSPS) is 15.2. The number of carbonyl (C=O) groups excluding carboxylic acids is 1. The van der Waals surface area contributed by atoms with Gasteiger partial charge >= 0.3 is 0 Å². The first-order chi connectivity index (χ1) is 14.5. The Morgan fingerprint density at radius 1 is 1.13 bits per heavy atom. The zero-order chi connectivity index (χ0) is 21.1. The minimum Gasteiger partial charge on any atom is -0.469 e. The van der Waals surface area contributed by atoms with Crippen LogP contribution < -0.4 is 10.2 Å². The van der Waals surface area contributed by atoms with Gasteiger partial charge in [0.25, 0.3) is 0 Å². The molecule has 0 bridgehead atoms. The van der Waals surface area contributed by atoms with E-state index in [4.69, 9.17) is 4.42 Å². The summed E-state index contributed by atoms with van der Waals surface area (Å²) in [5.41, 5.74) is 2.93. The molecule has 1 fully saturated rings. The Kier molecular flexibility index (Phi) is 6.13. The fourth-order valence-electron chi connectivity index (χ4n) is 3.63. The van der Waals surface area contributed by atoms with Crippen LogP contribution in [-0.4, -0.2) is 39.0 Å². The number of rotatable bonds is 6. The van der Waals surface area contributed by atoms with Gasteiger partial charge in [0.1, 0.15) is 5.76 Å². The number of furan rings is 1. The van der Waals surface area contributed by atoms with Gasteiger partial charge in [0.15, 0.2) is 11.0 Å². The van der Waals surface area contributed by atoms with Crippen LogP contribution in [0.1, 0.15) is 31.9 Å². The molecule has 0 spiro atoms. The van der Waals surface area contributed by atoms with Crippen molar-refractivity contribution in [1.29, 1.82) is 0 Å². The Labute approximate surface area is 180 Å². The lowest BCUT2D eigenvalue weighted by molar-refractivity contribution is -0.115. The van der Waals surface area contributed by atoms with Gasteiger partial charge in [0.2, 0.25) is 5.91 Å². The Morgan fingerprint density at radius 3 is 2.53 bits per heavy atom. The number of hydrogen-bond acceptors (Lipinski definition) is 6. The van der Waals surface area contributed by atoms with Gasteiger partial charge in [0, 0.05) is 31.5 Å². The summed E-state index contributed by atoms with van der Waals surface area (Å²) in [6.07, 6.45) is 5.45. The Balaban J connectivity index is 1.37. The molecule has 1 atom stereocenters. The number of nitrogens with one attached hydrogen (secondary N) is 1. The number of nitrogens with zero attached hydrogens (tertiary/aromatic N) is 4. The van der Waals surface area contributed by atoms with Crippen molar-refractivity contribution in [1.82, 2.24) is 14.8 Å². The van der Waals surface area contributed by atoms with E-state index in [-0.39, 0.29) is 11.2 Å². The van der Waals surface area contributed by atoms with Crippen LogP contribution in [0, 0.1) is 6.92 Å².